The molecule has 1 aromatic carbocycles. The third-order valence-electron chi connectivity index (χ3n) is 2.24. The predicted octanol–water partition coefficient (Wildman–Crippen LogP) is -0.488. The lowest BCUT2D eigenvalue weighted by molar-refractivity contribution is 0.0976. The van der Waals surface area contributed by atoms with Gasteiger partial charge in [-0.25, -0.2) is 4.99 Å². The molecule has 0 saturated carbocycles. The molecule has 1 unspecified atom stereocenters. The number of hydrogen-bond acceptors (Lipinski definition) is 4. The van der Waals surface area contributed by atoms with Gasteiger partial charge in [0.15, 0.2) is 10.5 Å². The number of carbonyl (C=O) groups is 1. The highest BCUT2D eigenvalue weighted by molar-refractivity contribution is 6.10. The molecule has 0 saturated heterocycles. The van der Waals surface area contributed by atoms with E-state index in [1.54, 1.807) is 24.4 Å². The molecule has 1 aromatic rings. The molecule has 2 N–H and O–H groups in total. The number of benzene rings is 1. The van der Waals surface area contributed by atoms with Gasteiger partial charge in [0.2, 0.25) is 6.35 Å². The largest absolute Gasteiger partial charge is 0.392 e. The van der Waals surface area contributed by atoms with Crippen LogP contribution >= 0.6 is 0 Å². The van der Waals surface area contributed by atoms with Gasteiger partial charge in [-0.2, -0.15) is 0 Å². The van der Waals surface area contributed by atoms with Crippen molar-refractivity contribution in [3.05, 3.63) is 48.2 Å². The monoisotopic (exact) mass is 247 g/mol. The Kier molecular flexibility index (Phi) is 3.68. The van der Waals surface area contributed by atoms with Crippen molar-refractivity contribution in [1.82, 2.24) is 10.6 Å². The van der Waals surface area contributed by atoms with E-state index in [1.807, 2.05) is 18.2 Å². The maximum Gasteiger partial charge on any atom is 0.256 e. The van der Waals surface area contributed by atoms with Gasteiger partial charge < -0.3 is 15.1 Å². The minimum absolute atomic E-state index is 0.178. The van der Waals surface area contributed by atoms with Gasteiger partial charge >= 0.3 is 0 Å². The van der Waals surface area contributed by atoms with E-state index in [2.05, 4.69) is 15.6 Å². The molecule has 1 heterocycles. The lowest BCUT2D eigenvalue weighted by Gasteiger charge is -2.17. The summed E-state index contributed by atoms with van der Waals surface area (Å²) >= 11 is 0. The number of nitrogens with zero attached hydrogens (tertiary/aromatic N) is 1. The van der Waals surface area contributed by atoms with Gasteiger partial charge in [-0.1, -0.05) is 18.2 Å². The third-order valence-corrected chi connectivity index (χ3v) is 2.68. The van der Waals surface area contributed by atoms with E-state index < -0.39 is 6.35 Å². The summed E-state index contributed by atoms with van der Waals surface area (Å²) in [5, 5.41) is 5.62. The Labute approximate surface area is 102 Å². The molecule has 0 fully saturated rings. The minimum Gasteiger partial charge on any atom is -0.392 e. The zero-order valence-electron chi connectivity index (χ0n) is 9.38. The van der Waals surface area contributed by atoms with Crippen LogP contribution in [-0.2, 0) is 4.43 Å². The summed E-state index contributed by atoms with van der Waals surface area (Å²) in [5.74, 6) is 0.321. The van der Waals surface area contributed by atoms with Gasteiger partial charge in [0.05, 0.1) is 0 Å². The molecule has 17 heavy (non-hydrogen) atoms. The number of amidine groups is 1. The summed E-state index contributed by atoms with van der Waals surface area (Å²) in [6, 6.07) is 9.00. The molecule has 1 aliphatic heterocycles. The fourth-order valence-electron chi connectivity index (χ4n) is 1.39. The smallest absolute Gasteiger partial charge is 0.256 e. The van der Waals surface area contributed by atoms with E-state index in [4.69, 9.17) is 4.43 Å². The Morgan fingerprint density at radius 1 is 1.41 bits per heavy atom. The number of amides is 1. The summed E-state index contributed by atoms with van der Waals surface area (Å²) in [5.41, 5.74) is 0.602. The number of aliphatic imine (C=N–C) groups is 1. The Hall–Kier alpha value is -1.92. The zero-order chi connectivity index (χ0) is 12.1. The highest BCUT2D eigenvalue weighted by atomic mass is 28.2. The molecule has 0 bridgehead atoms. The normalized spacial score (nSPS) is 18.4. The van der Waals surface area contributed by atoms with Gasteiger partial charge in [-0.15, -0.1) is 0 Å². The zero-order valence-corrected chi connectivity index (χ0v) is 11.4. The van der Waals surface area contributed by atoms with Crippen molar-refractivity contribution in [2.75, 3.05) is 0 Å². The molecule has 0 aliphatic carbocycles. The van der Waals surface area contributed by atoms with Crippen LogP contribution in [0.5, 0.6) is 0 Å². The Balaban J connectivity index is 2.04. The van der Waals surface area contributed by atoms with Crippen LogP contribution in [0.25, 0.3) is 0 Å². The average molecular weight is 247 g/mol. The van der Waals surface area contributed by atoms with E-state index in [1.165, 1.54) is 0 Å². The molecule has 6 heteroatoms. The molecule has 0 spiro atoms. The van der Waals surface area contributed by atoms with E-state index in [0.29, 0.717) is 21.9 Å². The standard InChI is InChI=1S/C11H13N3O2Si/c15-10(8-4-2-1-3-5-8)13-9-6-7-12-11(14-9)16-17/h1-7,11-12H,17H3,(H,13,14,15). The fourth-order valence-corrected chi connectivity index (χ4v) is 1.63. The first-order valence-corrected chi connectivity index (χ1v) is 6.01. The van der Waals surface area contributed by atoms with Crippen molar-refractivity contribution >= 4 is 22.2 Å². The summed E-state index contributed by atoms with van der Waals surface area (Å²) in [6.07, 6.45) is 3.01. The van der Waals surface area contributed by atoms with Crippen LogP contribution in [0.4, 0.5) is 0 Å². The first-order valence-electron chi connectivity index (χ1n) is 5.19. The first kappa shape index (κ1) is 11.6. The second-order valence-electron chi connectivity index (χ2n) is 3.42. The fraction of sp³-hybridized carbons (Fsp3) is 0.0909. The first-order chi connectivity index (χ1) is 8.29. The molecule has 88 valence electrons. The number of carbonyl (C=O) groups excluding carboxylic acids is 1. The van der Waals surface area contributed by atoms with Gasteiger partial charge in [0.25, 0.3) is 5.91 Å². The lowest BCUT2D eigenvalue weighted by Crippen LogP contribution is -2.36. The molecule has 1 aliphatic rings. The van der Waals surface area contributed by atoms with Crippen molar-refractivity contribution in [1.29, 1.82) is 0 Å². The van der Waals surface area contributed by atoms with Crippen LogP contribution in [0.3, 0.4) is 0 Å². The second-order valence-corrected chi connectivity index (χ2v) is 3.89. The molecular formula is C11H13N3O2Si. The maximum atomic E-state index is 11.8. The summed E-state index contributed by atoms with van der Waals surface area (Å²) < 4.78 is 5.15. The van der Waals surface area contributed by atoms with Crippen LogP contribution in [0, 0.1) is 0 Å². The minimum atomic E-state index is -0.391. The maximum absolute atomic E-state index is 11.8. The van der Waals surface area contributed by atoms with Gasteiger partial charge in [-0.3, -0.25) is 4.79 Å². The van der Waals surface area contributed by atoms with Gasteiger partial charge in [0, 0.05) is 11.8 Å². The summed E-state index contributed by atoms with van der Waals surface area (Å²) in [6.45, 7) is 0. The van der Waals surface area contributed by atoms with Gasteiger partial charge in [0.1, 0.15) is 5.84 Å². The van der Waals surface area contributed by atoms with Crippen molar-refractivity contribution in [2.45, 2.75) is 6.35 Å². The highest BCUT2D eigenvalue weighted by Crippen LogP contribution is 2.00. The van der Waals surface area contributed by atoms with Crippen LogP contribution < -0.4 is 10.6 Å². The molecule has 5 nitrogen and oxygen atoms in total. The Morgan fingerprint density at radius 3 is 2.88 bits per heavy atom. The average Bonchev–Trinajstić information content (AvgIpc) is 2.40. The van der Waals surface area contributed by atoms with Crippen molar-refractivity contribution in [3.8, 4) is 0 Å². The third kappa shape index (κ3) is 3.02. The van der Waals surface area contributed by atoms with Crippen LogP contribution in [0.2, 0.25) is 0 Å². The van der Waals surface area contributed by atoms with Crippen molar-refractivity contribution in [2.24, 2.45) is 4.99 Å². The summed E-state index contributed by atoms with van der Waals surface area (Å²) in [7, 11) is 0.580. The predicted molar refractivity (Wildman–Crippen MR) is 68.4 cm³/mol. The second kappa shape index (κ2) is 5.42. The quantitative estimate of drug-likeness (QED) is 0.693. The molecule has 1 atom stereocenters. The van der Waals surface area contributed by atoms with Crippen LogP contribution in [0.1, 0.15) is 10.4 Å². The number of hydrogen-bond donors (Lipinski definition) is 2. The van der Waals surface area contributed by atoms with Crippen molar-refractivity contribution < 1.29 is 9.22 Å². The van der Waals surface area contributed by atoms with Gasteiger partial charge in [-0.05, 0) is 18.2 Å². The lowest BCUT2D eigenvalue weighted by atomic mass is 10.2. The molecule has 1 amide bonds. The SMILES string of the molecule is O=C(NC1=NC(O[SiH3])NC=C1)c1ccccc1. The molecular weight excluding hydrogens is 234 g/mol. The van der Waals surface area contributed by atoms with E-state index in [9.17, 15) is 4.79 Å². The van der Waals surface area contributed by atoms with E-state index >= 15 is 0 Å². The van der Waals surface area contributed by atoms with Crippen LogP contribution in [0.15, 0.2) is 47.6 Å². The molecule has 0 radical (unpaired) electrons. The van der Waals surface area contributed by atoms with Crippen molar-refractivity contribution in [3.63, 3.8) is 0 Å². The van der Waals surface area contributed by atoms with Crippen LogP contribution in [-0.4, -0.2) is 28.6 Å². The highest BCUT2D eigenvalue weighted by Gasteiger charge is 2.11. The molecule has 0 aromatic heterocycles. The Bertz CT molecular complexity index is 459. The van der Waals surface area contributed by atoms with E-state index in [0.717, 1.165) is 0 Å². The summed E-state index contributed by atoms with van der Waals surface area (Å²) in [4.78, 5) is 16.0. The number of rotatable bonds is 2. The molecule has 2 rings (SSSR count). The van der Waals surface area contributed by atoms with E-state index in [-0.39, 0.29) is 5.91 Å². The number of nitrogens with one attached hydrogen (secondary N) is 2. The Morgan fingerprint density at radius 2 is 2.18 bits per heavy atom. The topological polar surface area (TPSA) is 62.7 Å².